The molecule has 0 fully saturated rings. The second-order valence-corrected chi connectivity index (χ2v) is 13.3. The maximum atomic E-state index is 4.45. The van der Waals surface area contributed by atoms with Crippen molar-refractivity contribution in [2.45, 2.75) is 101 Å². The van der Waals surface area contributed by atoms with E-state index >= 15 is 0 Å². The van der Waals surface area contributed by atoms with Crippen LogP contribution < -0.4 is 5.32 Å². The third-order valence-corrected chi connectivity index (χ3v) is 5.35. The van der Waals surface area contributed by atoms with Gasteiger partial charge in [0.1, 0.15) is 0 Å². The minimum Gasteiger partial charge on any atom is -0.389 e. The number of unbranched alkanes of at least 4 members (excludes halogenated alkanes) is 1. The van der Waals surface area contributed by atoms with E-state index in [-0.39, 0.29) is 10.8 Å². The molecule has 0 unspecified atom stereocenters. The van der Waals surface area contributed by atoms with Gasteiger partial charge >= 0.3 is 0 Å². The van der Waals surface area contributed by atoms with Crippen molar-refractivity contribution >= 4 is 0 Å². The van der Waals surface area contributed by atoms with Gasteiger partial charge in [-0.3, -0.25) is 0 Å². The van der Waals surface area contributed by atoms with Crippen molar-refractivity contribution in [2.24, 2.45) is 16.2 Å². The maximum Gasteiger partial charge on any atom is 0.0191 e. The molecule has 0 rings (SSSR count). The molecule has 1 N–H and O–H groups in total. The van der Waals surface area contributed by atoms with Gasteiger partial charge in [-0.25, -0.2) is 0 Å². The molecule has 0 radical (unpaired) electrons. The van der Waals surface area contributed by atoms with Gasteiger partial charge < -0.3 is 15.1 Å². The van der Waals surface area contributed by atoms with E-state index in [1.165, 1.54) is 24.2 Å². The molecule has 0 aliphatic rings. The predicted octanol–water partition coefficient (Wildman–Crippen LogP) is 7.83. The van der Waals surface area contributed by atoms with Crippen molar-refractivity contribution < 1.29 is 0 Å². The van der Waals surface area contributed by atoms with Crippen molar-refractivity contribution in [1.82, 2.24) is 15.1 Å². The number of allylic oxidation sites excluding steroid dienone is 3. The molecule has 0 bridgehead atoms. The zero-order valence-electron chi connectivity index (χ0n) is 23.6. The van der Waals surface area contributed by atoms with Crippen LogP contribution in [0.4, 0.5) is 0 Å². The van der Waals surface area contributed by atoms with Gasteiger partial charge in [-0.1, -0.05) is 82.1 Å². The molecule has 32 heavy (non-hydrogen) atoms. The van der Waals surface area contributed by atoms with Crippen LogP contribution in [0.3, 0.4) is 0 Å². The van der Waals surface area contributed by atoms with Crippen LogP contribution in [0.2, 0.25) is 0 Å². The Labute approximate surface area is 202 Å². The lowest BCUT2D eigenvalue weighted by molar-refractivity contribution is 0.272. The standard InChI is InChI=1S/C29H57N3/c1-24(21-27(4,5)6)30-17-16-20-32(26(3)23-29(10,11)12)19-15-14-18-31(13)25(2)22-28(7,8)9/h30H,1-3,14-23H2,4-13H3. The second kappa shape index (κ2) is 13.4. The Morgan fingerprint density at radius 1 is 0.625 bits per heavy atom. The van der Waals surface area contributed by atoms with Crippen molar-refractivity contribution in [3.63, 3.8) is 0 Å². The molecule has 0 atom stereocenters. The highest BCUT2D eigenvalue weighted by atomic mass is 15.1. The largest absolute Gasteiger partial charge is 0.389 e. The van der Waals surface area contributed by atoms with E-state index in [2.05, 4.69) is 104 Å². The van der Waals surface area contributed by atoms with Gasteiger partial charge in [0.05, 0.1) is 0 Å². The quantitative estimate of drug-likeness (QED) is 0.258. The Morgan fingerprint density at radius 2 is 1.06 bits per heavy atom. The van der Waals surface area contributed by atoms with Crippen LogP contribution in [-0.4, -0.2) is 43.0 Å². The second-order valence-electron chi connectivity index (χ2n) is 13.3. The van der Waals surface area contributed by atoms with Gasteiger partial charge in [0.2, 0.25) is 0 Å². The molecule has 0 aromatic rings. The summed E-state index contributed by atoms with van der Waals surface area (Å²) in [6.07, 6.45) is 6.57. The Hall–Kier alpha value is -1.38. The first kappa shape index (κ1) is 30.6. The summed E-state index contributed by atoms with van der Waals surface area (Å²) in [6.45, 7) is 37.6. The third kappa shape index (κ3) is 17.2. The number of nitrogens with zero attached hydrogens (tertiary/aromatic N) is 2. The molecule has 188 valence electrons. The van der Waals surface area contributed by atoms with Crippen LogP contribution in [0.25, 0.3) is 0 Å². The van der Waals surface area contributed by atoms with Crippen molar-refractivity contribution in [3.8, 4) is 0 Å². The molecule has 3 heteroatoms. The molecule has 0 aromatic carbocycles. The summed E-state index contributed by atoms with van der Waals surface area (Å²) in [5.74, 6) is 0. The lowest BCUT2D eigenvalue weighted by atomic mass is 9.90. The molecule has 0 spiro atoms. The van der Waals surface area contributed by atoms with Crippen LogP contribution in [0.15, 0.2) is 36.8 Å². The summed E-state index contributed by atoms with van der Waals surface area (Å²) in [4.78, 5) is 4.85. The van der Waals surface area contributed by atoms with E-state index in [1.54, 1.807) is 0 Å². The molecular formula is C29H57N3. The highest BCUT2D eigenvalue weighted by Crippen LogP contribution is 2.26. The summed E-state index contributed by atoms with van der Waals surface area (Å²) >= 11 is 0. The fourth-order valence-electron chi connectivity index (χ4n) is 3.95. The van der Waals surface area contributed by atoms with Gasteiger partial charge in [-0.15, -0.1) is 0 Å². The summed E-state index contributed by atoms with van der Waals surface area (Å²) in [5, 5.41) is 3.53. The van der Waals surface area contributed by atoms with E-state index in [9.17, 15) is 0 Å². The lowest BCUT2D eigenvalue weighted by Gasteiger charge is -2.32. The fourth-order valence-corrected chi connectivity index (χ4v) is 3.95. The highest BCUT2D eigenvalue weighted by Gasteiger charge is 2.17. The van der Waals surface area contributed by atoms with Crippen molar-refractivity contribution in [1.29, 1.82) is 0 Å². The SMILES string of the molecule is C=C(CC(C)(C)C)NCCCN(CCCCN(C)C(=C)CC(C)(C)C)C(=C)CC(C)(C)C. The normalized spacial score (nSPS) is 12.4. The first-order chi connectivity index (χ1) is 14.4. The van der Waals surface area contributed by atoms with Crippen LogP contribution >= 0.6 is 0 Å². The molecule has 0 aliphatic heterocycles. The molecule has 0 amide bonds. The predicted molar refractivity (Wildman–Crippen MR) is 146 cm³/mol. The van der Waals surface area contributed by atoms with E-state index < -0.39 is 0 Å². The van der Waals surface area contributed by atoms with E-state index in [0.717, 1.165) is 57.6 Å². The van der Waals surface area contributed by atoms with Gasteiger partial charge in [0.15, 0.2) is 0 Å². The van der Waals surface area contributed by atoms with Crippen LogP contribution in [0, 0.1) is 16.2 Å². The molecule has 0 heterocycles. The number of rotatable bonds is 15. The average Bonchev–Trinajstić information content (AvgIpc) is 2.55. The van der Waals surface area contributed by atoms with Crippen molar-refractivity contribution in [2.75, 3.05) is 33.2 Å². The van der Waals surface area contributed by atoms with E-state index in [1.807, 2.05) is 0 Å². The Morgan fingerprint density at radius 3 is 1.56 bits per heavy atom. The van der Waals surface area contributed by atoms with Gasteiger partial charge in [-0.05, 0) is 54.8 Å². The summed E-state index contributed by atoms with van der Waals surface area (Å²) in [6, 6.07) is 0. The zero-order chi connectivity index (χ0) is 25.2. The maximum absolute atomic E-state index is 4.45. The first-order valence-electron chi connectivity index (χ1n) is 12.6. The Balaban J connectivity index is 4.58. The lowest BCUT2D eigenvalue weighted by Crippen LogP contribution is -2.30. The van der Waals surface area contributed by atoms with Crippen molar-refractivity contribution in [3.05, 3.63) is 36.8 Å². The smallest absolute Gasteiger partial charge is 0.0191 e. The highest BCUT2D eigenvalue weighted by molar-refractivity contribution is 4.99. The summed E-state index contributed by atoms with van der Waals surface area (Å²) in [5.41, 5.74) is 4.50. The molecule has 0 aromatic heterocycles. The summed E-state index contributed by atoms with van der Waals surface area (Å²) < 4.78 is 0. The fraction of sp³-hybridized carbons (Fsp3) is 0.793. The minimum absolute atomic E-state index is 0.263. The molecular weight excluding hydrogens is 390 g/mol. The average molecular weight is 448 g/mol. The monoisotopic (exact) mass is 447 g/mol. The topological polar surface area (TPSA) is 18.5 Å². The number of hydrogen-bond donors (Lipinski definition) is 1. The molecule has 0 saturated carbocycles. The molecule has 0 aliphatic carbocycles. The minimum atomic E-state index is 0.263. The molecule has 3 nitrogen and oxygen atoms in total. The molecule has 0 saturated heterocycles. The van der Waals surface area contributed by atoms with Crippen LogP contribution in [-0.2, 0) is 0 Å². The van der Waals surface area contributed by atoms with Crippen LogP contribution in [0.1, 0.15) is 101 Å². The van der Waals surface area contributed by atoms with E-state index in [4.69, 9.17) is 0 Å². The van der Waals surface area contributed by atoms with E-state index in [0.29, 0.717) is 5.41 Å². The Bertz CT molecular complexity index is 581. The summed E-state index contributed by atoms with van der Waals surface area (Å²) in [7, 11) is 2.18. The van der Waals surface area contributed by atoms with Crippen LogP contribution in [0.5, 0.6) is 0 Å². The first-order valence-corrected chi connectivity index (χ1v) is 12.6. The number of nitrogens with one attached hydrogen (secondary N) is 1. The third-order valence-electron chi connectivity index (χ3n) is 5.35. The van der Waals surface area contributed by atoms with Gasteiger partial charge in [0, 0.05) is 50.3 Å². The number of hydrogen-bond acceptors (Lipinski definition) is 3. The Kier molecular flexibility index (Phi) is 12.8. The van der Waals surface area contributed by atoms with Gasteiger partial charge in [0.25, 0.3) is 0 Å². The zero-order valence-corrected chi connectivity index (χ0v) is 23.6. The van der Waals surface area contributed by atoms with Gasteiger partial charge in [-0.2, -0.15) is 0 Å².